The molecule has 37 heavy (non-hydrogen) atoms. The molecule has 1 saturated heterocycles. The van der Waals surface area contributed by atoms with Crippen molar-refractivity contribution < 1.29 is 23.0 Å². The maximum Gasteiger partial charge on any atom is 0.387 e. The van der Waals surface area contributed by atoms with E-state index in [0.717, 1.165) is 35.1 Å². The average Bonchev–Trinajstić information content (AvgIpc) is 3.22. The Labute approximate surface area is 213 Å². The number of nitrogens with zero attached hydrogens (tertiary/aromatic N) is 4. The van der Waals surface area contributed by atoms with Gasteiger partial charge in [0, 0.05) is 63.5 Å². The third-order valence-corrected chi connectivity index (χ3v) is 6.56. The minimum absolute atomic E-state index is 0.00507. The molecule has 1 amide bonds. The van der Waals surface area contributed by atoms with Crippen molar-refractivity contribution in [2.24, 2.45) is 7.05 Å². The second-order valence-corrected chi connectivity index (χ2v) is 9.18. The van der Waals surface area contributed by atoms with Crippen LogP contribution in [0.4, 0.5) is 8.78 Å². The summed E-state index contributed by atoms with van der Waals surface area (Å²) in [6.07, 6.45) is 1.76. The fourth-order valence-electron chi connectivity index (χ4n) is 4.52. The SMILES string of the molecule is Cc1ccc(Oc2ccc3cc(C(=O)N4CCN(Cc5ccc(OC(F)F)cc5)CC4)n(C)c3c2)nc1. The van der Waals surface area contributed by atoms with Gasteiger partial charge in [-0.25, -0.2) is 4.98 Å². The van der Waals surface area contributed by atoms with Crippen LogP contribution in [-0.4, -0.2) is 58.0 Å². The van der Waals surface area contributed by atoms with Crippen molar-refractivity contribution in [1.29, 1.82) is 0 Å². The highest BCUT2D eigenvalue weighted by Gasteiger charge is 2.25. The Kier molecular flexibility index (Phi) is 7.05. The number of aryl methyl sites for hydroxylation is 2. The number of fused-ring (bicyclic) bond motifs is 1. The van der Waals surface area contributed by atoms with Crippen molar-refractivity contribution in [3.8, 4) is 17.4 Å². The van der Waals surface area contributed by atoms with Crippen molar-refractivity contribution in [2.45, 2.75) is 20.1 Å². The van der Waals surface area contributed by atoms with Gasteiger partial charge in [-0.1, -0.05) is 18.2 Å². The molecular weight excluding hydrogens is 478 g/mol. The first-order valence-corrected chi connectivity index (χ1v) is 12.1. The first-order valence-electron chi connectivity index (χ1n) is 12.1. The molecule has 0 saturated carbocycles. The van der Waals surface area contributed by atoms with E-state index in [1.165, 1.54) is 0 Å². The Hall–Kier alpha value is -3.98. The van der Waals surface area contributed by atoms with Gasteiger partial charge in [0.25, 0.3) is 5.91 Å². The van der Waals surface area contributed by atoms with Crippen LogP contribution in [0.15, 0.2) is 66.9 Å². The van der Waals surface area contributed by atoms with E-state index in [-0.39, 0.29) is 11.7 Å². The zero-order valence-electron chi connectivity index (χ0n) is 20.7. The van der Waals surface area contributed by atoms with Gasteiger partial charge in [0.1, 0.15) is 17.2 Å². The summed E-state index contributed by atoms with van der Waals surface area (Å²) < 4.78 is 36.9. The molecule has 9 heteroatoms. The predicted octanol–water partition coefficient (Wildman–Crippen LogP) is 5.23. The largest absolute Gasteiger partial charge is 0.439 e. The fraction of sp³-hybridized carbons (Fsp3) is 0.286. The normalized spacial score (nSPS) is 14.4. The van der Waals surface area contributed by atoms with Crippen LogP contribution >= 0.6 is 0 Å². The summed E-state index contributed by atoms with van der Waals surface area (Å²) in [6.45, 7) is 2.51. The van der Waals surface area contributed by atoms with Gasteiger partial charge in [-0.2, -0.15) is 8.78 Å². The van der Waals surface area contributed by atoms with Gasteiger partial charge in [0.15, 0.2) is 0 Å². The number of carbonyl (C=O) groups excluding carboxylic acids is 1. The quantitative estimate of drug-likeness (QED) is 0.343. The van der Waals surface area contributed by atoms with Gasteiger partial charge in [-0.05, 0) is 48.4 Å². The molecule has 2 aromatic heterocycles. The average molecular weight is 507 g/mol. The van der Waals surface area contributed by atoms with Crippen LogP contribution in [0.25, 0.3) is 10.9 Å². The Morgan fingerprint density at radius 2 is 1.70 bits per heavy atom. The van der Waals surface area contributed by atoms with Crippen molar-refractivity contribution in [3.63, 3.8) is 0 Å². The Morgan fingerprint density at radius 1 is 0.973 bits per heavy atom. The Bertz CT molecular complexity index is 1380. The number of piperazine rings is 1. The number of alkyl halides is 2. The van der Waals surface area contributed by atoms with E-state index >= 15 is 0 Å². The van der Waals surface area contributed by atoms with Crippen molar-refractivity contribution in [1.82, 2.24) is 19.4 Å². The number of pyridine rings is 1. The fourth-order valence-corrected chi connectivity index (χ4v) is 4.52. The summed E-state index contributed by atoms with van der Waals surface area (Å²) in [4.78, 5) is 21.8. The molecule has 0 bridgehead atoms. The molecule has 0 aliphatic carbocycles. The number of rotatable bonds is 7. The molecule has 0 radical (unpaired) electrons. The lowest BCUT2D eigenvalue weighted by atomic mass is 10.2. The van der Waals surface area contributed by atoms with Crippen LogP contribution in [0.2, 0.25) is 0 Å². The zero-order valence-corrected chi connectivity index (χ0v) is 20.7. The highest BCUT2D eigenvalue weighted by Crippen LogP contribution is 2.27. The van der Waals surface area contributed by atoms with Crippen LogP contribution < -0.4 is 9.47 Å². The lowest BCUT2D eigenvalue weighted by Crippen LogP contribution is -2.48. The first kappa shape index (κ1) is 24.7. The number of hydrogen-bond acceptors (Lipinski definition) is 5. The zero-order chi connectivity index (χ0) is 25.9. The molecule has 5 rings (SSSR count). The summed E-state index contributed by atoms with van der Waals surface area (Å²) in [7, 11) is 1.89. The van der Waals surface area contributed by atoms with E-state index in [0.29, 0.717) is 37.0 Å². The standard InChI is InChI=1S/C28H28F2N4O3/c1-19-3-10-26(31-17-19)36-23-9-6-21-15-25(32(2)24(21)16-23)27(35)34-13-11-33(12-14-34)18-20-4-7-22(8-5-20)37-28(29)30/h3-10,15-17,28H,11-14,18H2,1-2H3. The molecule has 0 spiro atoms. The number of halogens is 2. The van der Waals surface area contributed by atoms with Crippen molar-refractivity contribution in [3.05, 3.63) is 83.7 Å². The highest BCUT2D eigenvalue weighted by molar-refractivity contribution is 5.99. The lowest BCUT2D eigenvalue weighted by molar-refractivity contribution is -0.0498. The number of benzene rings is 2. The first-order chi connectivity index (χ1) is 17.9. The molecule has 4 aromatic rings. The highest BCUT2D eigenvalue weighted by atomic mass is 19.3. The van der Waals surface area contributed by atoms with E-state index in [4.69, 9.17) is 4.74 Å². The van der Waals surface area contributed by atoms with Gasteiger partial charge in [-0.15, -0.1) is 0 Å². The Balaban J connectivity index is 1.21. The third kappa shape index (κ3) is 5.72. The number of ether oxygens (including phenoxy) is 2. The van der Waals surface area contributed by atoms with Crippen LogP contribution in [0.1, 0.15) is 21.6 Å². The molecule has 1 fully saturated rings. The molecule has 0 N–H and O–H groups in total. The van der Waals surface area contributed by atoms with E-state index in [2.05, 4.69) is 14.6 Å². The molecule has 0 atom stereocenters. The maximum absolute atomic E-state index is 13.4. The summed E-state index contributed by atoms with van der Waals surface area (Å²) in [6, 6.07) is 18.1. The van der Waals surface area contributed by atoms with Crippen LogP contribution in [0.5, 0.6) is 17.4 Å². The molecule has 7 nitrogen and oxygen atoms in total. The monoisotopic (exact) mass is 506 g/mol. The van der Waals surface area contributed by atoms with Crippen LogP contribution in [-0.2, 0) is 13.6 Å². The molecule has 1 aliphatic rings. The predicted molar refractivity (Wildman–Crippen MR) is 136 cm³/mol. The van der Waals surface area contributed by atoms with E-state index in [1.54, 1.807) is 30.5 Å². The number of hydrogen-bond donors (Lipinski definition) is 0. The lowest BCUT2D eigenvalue weighted by Gasteiger charge is -2.34. The van der Waals surface area contributed by atoms with Gasteiger partial charge >= 0.3 is 6.61 Å². The second-order valence-electron chi connectivity index (χ2n) is 9.18. The topological polar surface area (TPSA) is 59.8 Å². The molecule has 0 unspecified atom stereocenters. The minimum Gasteiger partial charge on any atom is -0.439 e. The summed E-state index contributed by atoms with van der Waals surface area (Å²) >= 11 is 0. The maximum atomic E-state index is 13.4. The summed E-state index contributed by atoms with van der Waals surface area (Å²) in [5.74, 6) is 1.32. The van der Waals surface area contributed by atoms with Gasteiger partial charge < -0.3 is 18.9 Å². The summed E-state index contributed by atoms with van der Waals surface area (Å²) in [5.41, 5.74) is 3.61. The van der Waals surface area contributed by atoms with E-state index in [9.17, 15) is 13.6 Å². The minimum atomic E-state index is -2.83. The van der Waals surface area contributed by atoms with Crippen LogP contribution in [0, 0.1) is 6.92 Å². The van der Waals surface area contributed by atoms with Gasteiger partial charge in [0.2, 0.25) is 5.88 Å². The summed E-state index contributed by atoms with van der Waals surface area (Å²) in [5, 5.41) is 0.966. The van der Waals surface area contributed by atoms with Crippen LogP contribution in [0.3, 0.4) is 0 Å². The van der Waals surface area contributed by atoms with E-state index < -0.39 is 6.61 Å². The molecule has 3 heterocycles. The Morgan fingerprint density at radius 3 is 2.38 bits per heavy atom. The van der Waals surface area contributed by atoms with Gasteiger partial charge in [-0.3, -0.25) is 9.69 Å². The molecular formula is C28H28F2N4O3. The van der Waals surface area contributed by atoms with Gasteiger partial charge in [0.05, 0.1) is 5.52 Å². The third-order valence-electron chi connectivity index (χ3n) is 6.56. The molecule has 192 valence electrons. The molecule has 2 aromatic carbocycles. The number of amides is 1. The smallest absolute Gasteiger partial charge is 0.387 e. The van der Waals surface area contributed by atoms with E-state index in [1.807, 2.05) is 59.8 Å². The molecule has 1 aliphatic heterocycles. The number of aromatic nitrogens is 2. The number of carbonyl (C=O) groups is 1. The second kappa shape index (κ2) is 10.6. The van der Waals surface area contributed by atoms with Crippen molar-refractivity contribution >= 4 is 16.8 Å². The van der Waals surface area contributed by atoms with Crippen molar-refractivity contribution in [2.75, 3.05) is 26.2 Å².